The van der Waals surface area contributed by atoms with Gasteiger partial charge in [-0.3, -0.25) is 0 Å². The number of carbonyl (C=O) groups excluding carboxylic acids is 1. The van der Waals surface area contributed by atoms with Gasteiger partial charge >= 0.3 is 6.09 Å². The number of likely N-dealkylation sites (tertiary alicyclic amines) is 1. The number of H-pyrrole nitrogens is 1. The molecule has 3 aromatic rings. The van der Waals surface area contributed by atoms with Gasteiger partial charge in [-0.1, -0.05) is 24.3 Å². The third-order valence-corrected chi connectivity index (χ3v) is 5.21. The fourth-order valence-electron chi connectivity index (χ4n) is 3.66. The number of aromatic nitrogens is 1. The second-order valence-electron chi connectivity index (χ2n) is 9.00. The monoisotopic (exact) mass is 429 g/mol. The van der Waals surface area contributed by atoms with Gasteiger partial charge in [0.2, 0.25) is 0 Å². The smallest absolute Gasteiger partial charge is 0.410 e. The minimum atomic E-state index is -0.494. The van der Waals surface area contributed by atoms with Crippen molar-refractivity contribution in [2.45, 2.75) is 38.9 Å². The average molecular weight is 430 g/mol. The predicted octanol–water partition coefficient (Wildman–Crippen LogP) is 5.60. The van der Waals surface area contributed by atoms with Crippen molar-refractivity contribution in [2.24, 2.45) is 0 Å². The van der Waals surface area contributed by atoms with Gasteiger partial charge < -0.3 is 19.4 Å². The van der Waals surface area contributed by atoms with Gasteiger partial charge in [-0.25, -0.2) is 4.79 Å². The molecule has 1 atom stereocenters. The summed E-state index contributed by atoms with van der Waals surface area (Å²) in [7, 11) is 0. The molecule has 0 unspecified atom stereocenters. The quantitative estimate of drug-likeness (QED) is 0.586. The molecule has 164 valence electrons. The Morgan fingerprint density at radius 2 is 1.94 bits per heavy atom. The van der Waals surface area contributed by atoms with Crippen molar-refractivity contribution < 1.29 is 14.3 Å². The van der Waals surface area contributed by atoms with Crippen LogP contribution in [0, 0.1) is 11.3 Å². The number of nitrogens with zero attached hydrogens (tertiary/aromatic N) is 2. The highest BCUT2D eigenvalue weighted by Crippen LogP contribution is 2.22. The van der Waals surface area contributed by atoms with Crippen molar-refractivity contribution in [3.8, 4) is 11.8 Å². The molecule has 1 fully saturated rings. The van der Waals surface area contributed by atoms with Crippen LogP contribution in [0.1, 0.15) is 44.0 Å². The normalized spacial score (nSPS) is 16.4. The van der Waals surface area contributed by atoms with E-state index in [2.05, 4.69) is 17.1 Å². The number of hydrogen-bond donors (Lipinski definition) is 1. The molecule has 0 radical (unpaired) electrons. The Labute approximate surface area is 188 Å². The van der Waals surface area contributed by atoms with Gasteiger partial charge in [-0.2, -0.15) is 5.26 Å². The largest absolute Gasteiger partial charge is 0.489 e. The number of rotatable bonds is 4. The lowest BCUT2D eigenvalue weighted by atomic mass is 10.1. The fraction of sp³-hybridized carbons (Fsp3) is 0.308. The Morgan fingerprint density at radius 1 is 1.16 bits per heavy atom. The predicted molar refractivity (Wildman–Crippen MR) is 125 cm³/mol. The molecule has 1 N–H and O–H groups in total. The number of nitrogens with one attached hydrogen (secondary N) is 1. The number of carbonyl (C=O) groups is 1. The summed E-state index contributed by atoms with van der Waals surface area (Å²) >= 11 is 0. The topological polar surface area (TPSA) is 78.3 Å². The maximum Gasteiger partial charge on any atom is 0.410 e. The van der Waals surface area contributed by atoms with Crippen LogP contribution in [0.3, 0.4) is 0 Å². The van der Waals surface area contributed by atoms with Gasteiger partial charge in [0.25, 0.3) is 0 Å². The van der Waals surface area contributed by atoms with Crippen LogP contribution in [0.15, 0.2) is 48.5 Å². The highest BCUT2D eigenvalue weighted by atomic mass is 16.6. The SMILES string of the molecule is CC(C)(C)OC(=O)N1CC[C@H](Oc2ccc(C=Cc3cc4ccc(C#N)cc4[nH]3)cc2)C1. The van der Waals surface area contributed by atoms with E-state index in [0.29, 0.717) is 18.7 Å². The molecule has 2 heterocycles. The molecule has 32 heavy (non-hydrogen) atoms. The molecular weight excluding hydrogens is 402 g/mol. The van der Waals surface area contributed by atoms with Crippen molar-refractivity contribution in [1.82, 2.24) is 9.88 Å². The molecule has 0 saturated carbocycles. The number of hydrogen-bond acceptors (Lipinski definition) is 4. The number of benzene rings is 2. The second kappa shape index (κ2) is 8.80. The van der Waals surface area contributed by atoms with Crippen LogP contribution in [-0.4, -0.2) is 40.8 Å². The number of ether oxygens (including phenoxy) is 2. The third kappa shape index (κ3) is 5.30. The van der Waals surface area contributed by atoms with Crippen LogP contribution in [0.2, 0.25) is 0 Å². The van der Waals surface area contributed by atoms with Crippen molar-refractivity contribution in [3.05, 3.63) is 65.4 Å². The van der Waals surface area contributed by atoms with Crippen LogP contribution in [0.4, 0.5) is 4.79 Å². The minimum Gasteiger partial charge on any atom is -0.489 e. The molecule has 6 nitrogen and oxygen atoms in total. The lowest BCUT2D eigenvalue weighted by Gasteiger charge is -2.24. The molecule has 2 aromatic carbocycles. The van der Waals surface area contributed by atoms with Crippen LogP contribution in [-0.2, 0) is 4.74 Å². The van der Waals surface area contributed by atoms with Crippen molar-refractivity contribution in [1.29, 1.82) is 5.26 Å². The highest BCUT2D eigenvalue weighted by molar-refractivity contribution is 5.85. The van der Waals surface area contributed by atoms with Crippen molar-refractivity contribution in [3.63, 3.8) is 0 Å². The summed E-state index contributed by atoms with van der Waals surface area (Å²) in [6.07, 6.45) is 4.50. The van der Waals surface area contributed by atoms with Gasteiger partial charge in [0.15, 0.2) is 0 Å². The Balaban J connectivity index is 1.34. The van der Waals surface area contributed by atoms with E-state index in [4.69, 9.17) is 14.7 Å². The Bertz CT molecular complexity index is 1180. The first-order valence-corrected chi connectivity index (χ1v) is 10.7. The van der Waals surface area contributed by atoms with Crippen LogP contribution in [0.5, 0.6) is 5.75 Å². The zero-order valence-electron chi connectivity index (χ0n) is 18.6. The number of aromatic amines is 1. The highest BCUT2D eigenvalue weighted by Gasteiger charge is 2.30. The van der Waals surface area contributed by atoms with Crippen LogP contribution < -0.4 is 4.74 Å². The van der Waals surface area contributed by atoms with Gasteiger partial charge in [0, 0.05) is 29.6 Å². The average Bonchev–Trinajstić information content (AvgIpc) is 3.38. The molecule has 0 aliphatic carbocycles. The lowest BCUT2D eigenvalue weighted by Crippen LogP contribution is -2.36. The molecule has 1 aromatic heterocycles. The summed E-state index contributed by atoms with van der Waals surface area (Å²) in [5.41, 5.74) is 3.12. The molecule has 0 spiro atoms. The molecular formula is C26H27N3O3. The van der Waals surface area contributed by atoms with E-state index in [9.17, 15) is 4.79 Å². The van der Waals surface area contributed by atoms with Crippen LogP contribution in [0.25, 0.3) is 23.1 Å². The van der Waals surface area contributed by atoms with E-state index in [0.717, 1.165) is 34.3 Å². The van der Waals surface area contributed by atoms with E-state index < -0.39 is 5.60 Å². The van der Waals surface area contributed by atoms with Gasteiger partial charge in [0.1, 0.15) is 17.5 Å². The summed E-state index contributed by atoms with van der Waals surface area (Å²) in [5.74, 6) is 0.785. The van der Waals surface area contributed by atoms with Gasteiger partial charge in [-0.15, -0.1) is 0 Å². The summed E-state index contributed by atoms with van der Waals surface area (Å²) in [5, 5.41) is 10.1. The van der Waals surface area contributed by atoms with Gasteiger partial charge in [-0.05, 0) is 62.7 Å². The summed E-state index contributed by atoms with van der Waals surface area (Å²) in [6, 6.07) is 17.7. The molecule has 1 amide bonds. The summed E-state index contributed by atoms with van der Waals surface area (Å²) in [4.78, 5) is 17.2. The first kappa shape index (κ1) is 21.5. The van der Waals surface area contributed by atoms with E-state index in [1.807, 2.05) is 75.4 Å². The Morgan fingerprint density at radius 3 is 2.66 bits per heavy atom. The van der Waals surface area contributed by atoms with Crippen LogP contribution >= 0.6 is 0 Å². The summed E-state index contributed by atoms with van der Waals surface area (Å²) < 4.78 is 11.5. The minimum absolute atomic E-state index is 0.0337. The van der Waals surface area contributed by atoms with Gasteiger partial charge in [0.05, 0.1) is 18.2 Å². The van der Waals surface area contributed by atoms with Crippen molar-refractivity contribution >= 4 is 29.1 Å². The zero-order chi connectivity index (χ0) is 22.7. The first-order chi connectivity index (χ1) is 15.3. The van der Waals surface area contributed by atoms with E-state index in [1.165, 1.54) is 0 Å². The molecule has 1 aliphatic rings. The molecule has 1 saturated heterocycles. The van der Waals surface area contributed by atoms with E-state index >= 15 is 0 Å². The Kier molecular flexibility index (Phi) is 5.91. The number of fused-ring (bicyclic) bond motifs is 1. The van der Waals surface area contributed by atoms with E-state index in [1.54, 1.807) is 4.90 Å². The maximum absolute atomic E-state index is 12.2. The fourth-order valence-corrected chi connectivity index (χ4v) is 3.66. The second-order valence-corrected chi connectivity index (χ2v) is 9.00. The third-order valence-electron chi connectivity index (χ3n) is 5.21. The maximum atomic E-state index is 12.2. The standard InChI is InChI=1S/C26H27N3O3/c1-26(2,3)32-25(30)29-13-12-23(17-29)31-22-10-6-18(7-11-22)5-9-21-15-20-8-4-19(16-27)14-24(20)28-21/h4-11,14-15,23,28H,12-13,17H2,1-3H3/t23-/m0/s1. The number of nitriles is 1. The summed E-state index contributed by atoms with van der Waals surface area (Å²) in [6.45, 7) is 6.78. The van der Waals surface area contributed by atoms with E-state index in [-0.39, 0.29) is 12.2 Å². The Hall–Kier alpha value is -3.72. The van der Waals surface area contributed by atoms with Crippen molar-refractivity contribution in [2.75, 3.05) is 13.1 Å². The molecule has 1 aliphatic heterocycles. The number of amides is 1. The zero-order valence-corrected chi connectivity index (χ0v) is 18.6. The first-order valence-electron chi connectivity index (χ1n) is 10.7. The molecule has 0 bridgehead atoms. The lowest BCUT2D eigenvalue weighted by molar-refractivity contribution is 0.0275. The molecule has 4 rings (SSSR count). The molecule has 6 heteroatoms.